The van der Waals surface area contributed by atoms with Crippen molar-refractivity contribution in [3.05, 3.63) is 44.9 Å². The fourth-order valence-corrected chi connectivity index (χ4v) is 5.19. The number of nitrogens with two attached hydrogens (primary N) is 1. The van der Waals surface area contributed by atoms with Gasteiger partial charge in [-0.05, 0) is 25.5 Å². The van der Waals surface area contributed by atoms with E-state index in [1.54, 1.807) is 20.2 Å². The number of amides is 2. The number of thiophene rings is 1. The predicted octanol–water partition coefficient (Wildman–Crippen LogP) is 5.25. The molecule has 2 amide bonds. The fraction of sp³-hybridized carbons (Fsp3) is 0.318. The summed E-state index contributed by atoms with van der Waals surface area (Å²) in [5, 5.41) is 9.88. The number of nitrogens with one attached hydrogen (secondary N) is 1. The van der Waals surface area contributed by atoms with Crippen molar-refractivity contribution in [3.63, 3.8) is 0 Å². The Hall–Kier alpha value is -3.59. The SMILES string of the molecule is Cc1nn(C)cc1-c1cc(C(F)F)nc2sc(C(N)=O)c(NC(=O)CCn3nc(C(F)(F)F)c(Cl)c3C)c12. The summed E-state index contributed by atoms with van der Waals surface area (Å²) in [6, 6.07) is 1.15. The number of carbonyl (C=O) groups excluding carboxylic acids is 2. The number of rotatable bonds is 7. The third-order valence-corrected chi connectivity index (χ3v) is 7.20. The van der Waals surface area contributed by atoms with E-state index in [0.717, 1.165) is 22.1 Å². The summed E-state index contributed by atoms with van der Waals surface area (Å²) in [6.45, 7) is 2.73. The van der Waals surface area contributed by atoms with Gasteiger partial charge in [0.1, 0.15) is 15.4 Å². The summed E-state index contributed by atoms with van der Waals surface area (Å²) in [4.78, 5) is 29.0. The standard InChI is InChI=1S/C22H19ClF5N7O2S/c1-8-11(7-34(3)32-8)10-6-12(19(24)25)30-21-14(10)16(17(38-21)20(29)37)31-13(36)4-5-35-9(2)15(23)18(33-35)22(26,27)28/h6-7,19H,4-5H2,1-3H3,(H2,29,37)(H,31,36). The van der Waals surface area contributed by atoms with E-state index < -0.39 is 40.8 Å². The zero-order chi connectivity index (χ0) is 28.1. The zero-order valence-electron chi connectivity index (χ0n) is 20.0. The Morgan fingerprint density at radius 2 is 1.89 bits per heavy atom. The van der Waals surface area contributed by atoms with E-state index in [1.807, 2.05) is 0 Å². The van der Waals surface area contributed by atoms with Crippen LogP contribution in [0.3, 0.4) is 0 Å². The average molecular weight is 576 g/mol. The Kier molecular flexibility index (Phi) is 7.18. The van der Waals surface area contributed by atoms with E-state index >= 15 is 0 Å². The molecule has 202 valence electrons. The third kappa shape index (κ3) is 5.07. The van der Waals surface area contributed by atoms with Crippen LogP contribution in [0.1, 0.15) is 45.3 Å². The number of fused-ring (bicyclic) bond motifs is 1. The van der Waals surface area contributed by atoms with Crippen LogP contribution in [0.4, 0.5) is 27.6 Å². The number of alkyl halides is 5. The number of nitrogens with zero attached hydrogens (tertiary/aromatic N) is 5. The van der Waals surface area contributed by atoms with Crippen molar-refractivity contribution in [2.45, 2.75) is 39.4 Å². The summed E-state index contributed by atoms with van der Waals surface area (Å²) in [5.74, 6) is -1.63. The Morgan fingerprint density at radius 3 is 2.42 bits per heavy atom. The number of halogens is 6. The van der Waals surface area contributed by atoms with E-state index in [0.29, 0.717) is 11.3 Å². The number of hydrogen-bond donors (Lipinski definition) is 2. The third-order valence-electron chi connectivity index (χ3n) is 5.65. The van der Waals surface area contributed by atoms with Gasteiger partial charge in [-0.1, -0.05) is 11.6 Å². The van der Waals surface area contributed by atoms with E-state index in [1.165, 1.54) is 11.6 Å². The lowest BCUT2D eigenvalue weighted by Gasteiger charge is -2.11. The first-order valence-electron chi connectivity index (χ1n) is 10.8. The average Bonchev–Trinajstić information content (AvgIpc) is 3.45. The first-order valence-corrected chi connectivity index (χ1v) is 12.0. The van der Waals surface area contributed by atoms with Crippen LogP contribution in [-0.4, -0.2) is 36.4 Å². The highest BCUT2D eigenvalue weighted by molar-refractivity contribution is 7.21. The smallest absolute Gasteiger partial charge is 0.365 e. The second-order valence-electron chi connectivity index (χ2n) is 8.31. The van der Waals surface area contributed by atoms with Crippen LogP contribution in [-0.2, 0) is 24.6 Å². The molecule has 0 spiro atoms. The number of pyridine rings is 1. The molecule has 4 heterocycles. The molecule has 0 aliphatic heterocycles. The maximum atomic E-state index is 13.6. The number of primary amides is 1. The molecule has 3 N–H and O–H groups in total. The van der Waals surface area contributed by atoms with Crippen molar-refractivity contribution >= 4 is 50.7 Å². The molecule has 0 unspecified atom stereocenters. The van der Waals surface area contributed by atoms with Crippen LogP contribution in [0.5, 0.6) is 0 Å². The summed E-state index contributed by atoms with van der Waals surface area (Å²) < 4.78 is 69.0. The van der Waals surface area contributed by atoms with Crippen LogP contribution in [0.25, 0.3) is 21.3 Å². The van der Waals surface area contributed by atoms with E-state index in [2.05, 4.69) is 20.5 Å². The summed E-state index contributed by atoms with van der Waals surface area (Å²) >= 11 is 6.49. The van der Waals surface area contributed by atoms with Gasteiger partial charge in [0.25, 0.3) is 12.3 Å². The number of carbonyl (C=O) groups is 2. The van der Waals surface area contributed by atoms with Gasteiger partial charge in [-0.3, -0.25) is 19.0 Å². The molecule has 0 saturated heterocycles. The lowest BCUT2D eigenvalue weighted by Crippen LogP contribution is -2.19. The van der Waals surface area contributed by atoms with Crippen molar-refractivity contribution in [1.82, 2.24) is 24.5 Å². The normalized spacial score (nSPS) is 12.1. The molecule has 16 heteroatoms. The van der Waals surface area contributed by atoms with Crippen LogP contribution in [0.15, 0.2) is 12.3 Å². The van der Waals surface area contributed by atoms with Gasteiger partial charge in [0.2, 0.25) is 5.91 Å². The molecule has 0 radical (unpaired) electrons. The number of aromatic nitrogens is 5. The first kappa shape index (κ1) is 27.4. The van der Waals surface area contributed by atoms with Crippen molar-refractivity contribution in [1.29, 1.82) is 0 Å². The molecule has 4 rings (SSSR count). The molecule has 4 aromatic heterocycles. The number of aryl methyl sites for hydroxylation is 3. The van der Waals surface area contributed by atoms with Crippen LogP contribution in [0.2, 0.25) is 5.02 Å². The topological polar surface area (TPSA) is 121 Å². The maximum Gasteiger partial charge on any atom is 0.436 e. The van der Waals surface area contributed by atoms with E-state index in [9.17, 15) is 31.5 Å². The highest BCUT2D eigenvalue weighted by atomic mass is 35.5. The second kappa shape index (κ2) is 9.94. The summed E-state index contributed by atoms with van der Waals surface area (Å²) in [6.07, 6.45) is -6.45. The van der Waals surface area contributed by atoms with Crippen molar-refractivity contribution in [2.75, 3.05) is 5.32 Å². The van der Waals surface area contributed by atoms with Crippen molar-refractivity contribution < 1.29 is 31.5 Å². The summed E-state index contributed by atoms with van der Waals surface area (Å²) in [7, 11) is 1.64. The molecule has 0 saturated carbocycles. The molecule has 0 fully saturated rings. The fourth-order valence-electron chi connectivity index (χ4n) is 3.93. The molecule has 4 aromatic rings. The first-order chi connectivity index (χ1) is 17.7. The highest BCUT2D eigenvalue weighted by Crippen LogP contribution is 2.43. The zero-order valence-corrected chi connectivity index (χ0v) is 21.5. The number of hydrogen-bond acceptors (Lipinski definition) is 6. The van der Waals surface area contributed by atoms with Crippen molar-refractivity contribution in [3.8, 4) is 11.1 Å². The molecule has 0 aliphatic carbocycles. The molecule has 0 atom stereocenters. The predicted molar refractivity (Wildman–Crippen MR) is 130 cm³/mol. The van der Waals surface area contributed by atoms with Gasteiger partial charge in [-0.2, -0.15) is 23.4 Å². The molecule has 0 bridgehead atoms. The van der Waals surface area contributed by atoms with Crippen LogP contribution < -0.4 is 11.1 Å². The Balaban J connectivity index is 1.75. The highest BCUT2D eigenvalue weighted by Gasteiger charge is 2.38. The second-order valence-corrected chi connectivity index (χ2v) is 9.69. The largest absolute Gasteiger partial charge is 0.436 e. The van der Waals surface area contributed by atoms with E-state index in [-0.39, 0.29) is 45.0 Å². The van der Waals surface area contributed by atoms with Gasteiger partial charge in [0.05, 0.1) is 28.6 Å². The van der Waals surface area contributed by atoms with Crippen LogP contribution in [0, 0.1) is 13.8 Å². The van der Waals surface area contributed by atoms with Gasteiger partial charge in [0.15, 0.2) is 5.69 Å². The van der Waals surface area contributed by atoms with Crippen LogP contribution >= 0.6 is 22.9 Å². The molecule has 0 aromatic carbocycles. The Labute approximate surface area is 220 Å². The minimum Gasteiger partial charge on any atom is -0.365 e. The quantitative estimate of drug-likeness (QED) is 0.292. The molecule has 38 heavy (non-hydrogen) atoms. The lowest BCUT2D eigenvalue weighted by molar-refractivity contribution is -0.141. The Morgan fingerprint density at radius 1 is 1.21 bits per heavy atom. The van der Waals surface area contributed by atoms with Gasteiger partial charge >= 0.3 is 6.18 Å². The van der Waals surface area contributed by atoms with Gasteiger partial charge in [-0.25, -0.2) is 13.8 Å². The Bertz CT molecular complexity index is 1570. The van der Waals surface area contributed by atoms with Gasteiger partial charge in [0, 0.05) is 30.6 Å². The summed E-state index contributed by atoms with van der Waals surface area (Å²) in [5.41, 5.74) is 4.89. The van der Waals surface area contributed by atoms with Gasteiger partial charge in [-0.15, -0.1) is 11.3 Å². The minimum atomic E-state index is -4.77. The molecular formula is C22H19ClF5N7O2S. The number of anilines is 1. The molecule has 9 nitrogen and oxygen atoms in total. The van der Waals surface area contributed by atoms with Crippen molar-refractivity contribution in [2.24, 2.45) is 12.8 Å². The molecule has 0 aliphatic rings. The van der Waals surface area contributed by atoms with E-state index in [4.69, 9.17) is 17.3 Å². The lowest BCUT2D eigenvalue weighted by atomic mass is 10.0. The molecular weight excluding hydrogens is 557 g/mol. The monoisotopic (exact) mass is 575 g/mol. The minimum absolute atomic E-state index is 0.0173. The maximum absolute atomic E-state index is 13.6. The van der Waals surface area contributed by atoms with Gasteiger partial charge < -0.3 is 11.1 Å².